The summed E-state index contributed by atoms with van der Waals surface area (Å²) in [4.78, 5) is 12.2. The molecule has 5 heteroatoms. The smallest absolute Gasteiger partial charge is 0.255 e. The molecule has 0 bridgehead atoms. The van der Waals surface area contributed by atoms with Gasteiger partial charge >= 0.3 is 0 Å². The third-order valence-electron chi connectivity index (χ3n) is 2.83. The lowest BCUT2D eigenvalue weighted by Crippen LogP contribution is -2.12. The zero-order chi connectivity index (χ0) is 15.2. The second kappa shape index (κ2) is 6.99. The van der Waals surface area contributed by atoms with Gasteiger partial charge in [-0.2, -0.15) is 0 Å². The fraction of sp³-hybridized carbons (Fsp3) is 0.188. The summed E-state index contributed by atoms with van der Waals surface area (Å²) in [5.74, 6) is 0.456. The van der Waals surface area contributed by atoms with Gasteiger partial charge in [0.15, 0.2) is 0 Å². The van der Waals surface area contributed by atoms with E-state index in [-0.39, 0.29) is 5.91 Å². The average molecular weight is 305 g/mol. The molecule has 3 N–H and O–H groups in total. The SMILES string of the molecule is CCCOc1cccc(C(=O)Nc2ccc(N)c(Cl)c2)c1. The number of anilines is 2. The van der Waals surface area contributed by atoms with Crippen molar-refractivity contribution in [1.29, 1.82) is 0 Å². The minimum atomic E-state index is -0.224. The van der Waals surface area contributed by atoms with E-state index in [1.54, 1.807) is 36.4 Å². The monoisotopic (exact) mass is 304 g/mol. The van der Waals surface area contributed by atoms with Gasteiger partial charge < -0.3 is 15.8 Å². The fourth-order valence-corrected chi connectivity index (χ4v) is 1.94. The van der Waals surface area contributed by atoms with E-state index in [1.807, 2.05) is 13.0 Å². The van der Waals surface area contributed by atoms with Crippen LogP contribution in [0.4, 0.5) is 11.4 Å². The zero-order valence-corrected chi connectivity index (χ0v) is 12.5. The van der Waals surface area contributed by atoms with Crippen LogP contribution in [0.2, 0.25) is 5.02 Å². The first-order chi connectivity index (χ1) is 10.1. The standard InChI is InChI=1S/C16H17ClN2O2/c1-2-8-21-13-5-3-4-11(9-13)16(20)19-12-6-7-15(18)14(17)10-12/h3-7,9-10H,2,8,18H2,1H3,(H,19,20). The maximum absolute atomic E-state index is 12.2. The Labute approximate surface area is 128 Å². The van der Waals surface area contributed by atoms with E-state index in [2.05, 4.69) is 5.32 Å². The predicted octanol–water partition coefficient (Wildman–Crippen LogP) is 3.96. The third-order valence-corrected chi connectivity index (χ3v) is 3.15. The molecule has 2 rings (SSSR count). The molecule has 21 heavy (non-hydrogen) atoms. The lowest BCUT2D eigenvalue weighted by molar-refractivity contribution is 0.102. The van der Waals surface area contributed by atoms with Gasteiger partial charge in [0, 0.05) is 11.3 Å². The van der Waals surface area contributed by atoms with Crippen LogP contribution in [0.5, 0.6) is 5.75 Å². The van der Waals surface area contributed by atoms with Crippen molar-refractivity contribution < 1.29 is 9.53 Å². The summed E-state index contributed by atoms with van der Waals surface area (Å²) in [6.45, 7) is 2.65. The second-order valence-electron chi connectivity index (χ2n) is 4.57. The predicted molar refractivity (Wildman–Crippen MR) is 86.0 cm³/mol. The van der Waals surface area contributed by atoms with E-state index in [4.69, 9.17) is 22.1 Å². The number of nitrogens with one attached hydrogen (secondary N) is 1. The van der Waals surface area contributed by atoms with Crippen LogP contribution in [-0.4, -0.2) is 12.5 Å². The molecule has 2 aromatic carbocycles. The largest absolute Gasteiger partial charge is 0.494 e. The summed E-state index contributed by atoms with van der Waals surface area (Å²) in [5, 5.41) is 3.19. The van der Waals surface area contributed by atoms with Crippen molar-refractivity contribution in [2.45, 2.75) is 13.3 Å². The Bertz CT molecular complexity index is 644. The van der Waals surface area contributed by atoms with Crippen molar-refractivity contribution in [3.05, 3.63) is 53.1 Å². The lowest BCUT2D eigenvalue weighted by Gasteiger charge is -2.09. The number of benzene rings is 2. The molecule has 4 nitrogen and oxygen atoms in total. The van der Waals surface area contributed by atoms with E-state index in [1.165, 1.54) is 0 Å². The Balaban J connectivity index is 2.10. The van der Waals surface area contributed by atoms with E-state index in [9.17, 15) is 4.79 Å². The molecule has 0 saturated carbocycles. The topological polar surface area (TPSA) is 64.3 Å². The van der Waals surface area contributed by atoms with Crippen molar-refractivity contribution >= 4 is 28.9 Å². The molecule has 0 radical (unpaired) electrons. The molecular weight excluding hydrogens is 288 g/mol. The minimum Gasteiger partial charge on any atom is -0.494 e. The van der Waals surface area contributed by atoms with Crippen molar-refractivity contribution in [3.63, 3.8) is 0 Å². The summed E-state index contributed by atoms with van der Waals surface area (Å²) in [7, 11) is 0. The van der Waals surface area contributed by atoms with E-state index in [0.29, 0.717) is 34.3 Å². The maximum Gasteiger partial charge on any atom is 0.255 e. The van der Waals surface area contributed by atoms with Gasteiger partial charge in [0.05, 0.1) is 17.3 Å². The average Bonchev–Trinajstić information content (AvgIpc) is 2.49. The van der Waals surface area contributed by atoms with Crippen LogP contribution >= 0.6 is 11.6 Å². The van der Waals surface area contributed by atoms with Crippen LogP contribution in [0.15, 0.2) is 42.5 Å². The Morgan fingerprint density at radius 1 is 1.29 bits per heavy atom. The molecule has 0 aliphatic rings. The Morgan fingerprint density at radius 2 is 2.10 bits per heavy atom. The van der Waals surface area contributed by atoms with Crippen LogP contribution in [0.3, 0.4) is 0 Å². The molecule has 0 spiro atoms. The van der Waals surface area contributed by atoms with Crippen LogP contribution in [-0.2, 0) is 0 Å². The number of amides is 1. The molecule has 2 aromatic rings. The van der Waals surface area contributed by atoms with Gasteiger partial charge in [0.25, 0.3) is 5.91 Å². The van der Waals surface area contributed by atoms with Crippen LogP contribution < -0.4 is 15.8 Å². The number of carbonyl (C=O) groups excluding carboxylic acids is 1. The highest BCUT2D eigenvalue weighted by molar-refractivity contribution is 6.33. The van der Waals surface area contributed by atoms with Gasteiger partial charge in [-0.1, -0.05) is 24.6 Å². The van der Waals surface area contributed by atoms with E-state index in [0.717, 1.165) is 6.42 Å². The number of nitrogens with two attached hydrogens (primary N) is 1. The molecule has 0 saturated heterocycles. The number of carbonyl (C=O) groups is 1. The second-order valence-corrected chi connectivity index (χ2v) is 4.97. The van der Waals surface area contributed by atoms with Crippen LogP contribution in [0.25, 0.3) is 0 Å². The Morgan fingerprint density at radius 3 is 2.81 bits per heavy atom. The molecule has 0 unspecified atom stereocenters. The fourth-order valence-electron chi connectivity index (χ4n) is 1.76. The molecule has 0 aliphatic carbocycles. The minimum absolute atomic E-state index is 0.224. The van der Waals surface area contributed by atoms with Gasteiger partial charge in [0.1, 0.15) is 5.75 Å². The van der Waals surface area contributed by atoms with Crippen molar-refractivity contribution in [2.24, 2.45) is 0 Å². The molecule has 0 aromatic heterocycles. The molecule has 110 valence electrons. The van der Waals surface area contributed by atoms with E-state index >= 15 is 0 Å². The zero-order valence-electron chi connectivity index (χ0n) is 11.7. The highest BCUT2D eigenvalue weighted by atomic mass is 35.5. The first-order valence-corrected chi connectivity index (χ1v) is 7.07. The number of halogens is 1. The summed E-state index contributed by atoms with van der Waals surface area (Å²) >= 11 is 5.93. The van der Waals surface area contributed by atoms with Crippen LogP contribution in [0.1, 0.15) is 23.7 Å². The summed E-state index contributed by atoms with van der Waals surface area (Å²) < 4.78 is 5.51. The van der Waals surface area contributed by atoms with Gasteiger partial charge in [-0.05, 0) is 42.8 Å². The van der Waals surface area contributed by atoms with Crippen molar-refractivity contribution in [2.75, 3.05) is 17.7 Å². The molecule has 0 heterocycles. The number of nitrogen functional groups attached to an aromatic ring is 1. The number of hydrogen-bond acceptors (Lipinski definition) is 3. The van der Waals surface area contributed by atoms with E-state index < -0.39 is 0 Å². The Kier molecular flexibility index (Phi) is 5.06. The highest BCUT2D eigenvalue weighted by Crippen LogP contribution is 2.23. The summed E-state index contributed by atoms with van der Waals surface area (Å²) in [6.07, 6.45) is 0.917. The van der Waals surface area contributed by atoms with Crippen molar-refractivity contribution in [3.8, 4) is 5.75 Å². The maximum atomic E-state index is 12.2. The summed E-state index contributed by atoms with van der Waals surface area (Å²) in [6, 6.07) is 12.0. The Hall–Kier alpha value is -2.20. The van der Waals surface area contributed by atoms with Gasteiger partial charge in [0.2, 0.25) is 0 Å². The number of ether oxygens (including phenoxy) is 1. The van der Waals surface area contributed by atoms with Crippen molar-refractivity contribution in [1.82, 2.24) is 0 Å². The first kappa shape index (κ1) is 15.2. The normalized spacial score (nSPS) is 10.2. The summed E-state index contributed by atoms with van der Waals surface area (Å²) in [5.41, 5.74) is 7.23. The lowest BCUT2D eigenvalue weighted by atomic mass is 10.2. The first-order valence-electron chi connectivity index (χ1n) is 6.69. The quantitative estimate of drug-likeness (QED) is 0.822. The van der Waals surface area contributed by atoms with Gasteiger partial charge in [-0.3, -0.25) is 4.79 Å². The molecular formula is C16H17ClN2O2. The van der Waals surface area contributed by atoms with Crippen LogP contribution in [0, 0.1) is 0 Å². The van der Waals surface area contributed by atoms with Gasteiger partial charge in [-0.15, -0.1) is 0 Å². The molecule has 1 amide bonds. The number of rotatable bonds is 5. The molecule has 0 aliphatic heterocycles. The number of hydrogen-bond donors (Lipinski definition) is 2. The molecule has 0 atom stereocenters. The third kappa shape index (κ3) is 4.13. The highest BCUT2D eigenvalue weighted by Gasteiger charge is 2.08. The molecule has 0 fully saturated rings. The van der Waals surface area contributed by atoms with Gasteiger partial charge in [-0.25, -0.2) is 0 Å².